The quantitative estimate of drug-likeness (QED) is 0.811. The van der Waals surface area contributed by atoms with Crippen molar-refractivity contribution in [3.63, 3.8) is 0 Å². The first-order valence-electron chi connectivity index (χ1n) is 6.54. The van der Waals surface area contributed by atoms with Crippen LogP contribution in [-0.4, -0.2) is 27.4 Å². The molecule has 0 amide bonds. The summed E-state index contributed by atoms with van der Waals surface area (Å²) in [6, 6.07) is 7.19. The summed E-state index contributed by atoms with van der Waals surface area (Å²) < 4.78 is 7.39. The summed E-state index contributed by atoms with van der Waals surface area (Å²) in [5, 5.41) is 7.81. The summed E-state index contributed by atoms with van der Waals surface area (Å²) in [6.45, 7) is 4.46. The summed E-state index contributed by atoms with van der Waals surface area (Å²) in [7, 11) is 0. The number of Topliss-reactive ketones (excluding diaryl/α,β-unsaturated/α-hetero) is 1. The lowest BCUT2D eigenvalue weighted by Crippen LogP contribution is -2.13. The molecule has 0 saturated heterocycles. The number of para-hydroxylation sites is 1. The summed E-state index contributed by atoms with van der Waals surface area (Å²) in [4.78, 5) is 11.5. The minimum absolute atomic E-state index is 0.0140. The topological polar surface area (TPSA) is 83.0 Å². The van der Waals surface area contributed by atoms with Gasteiger partial charge >= 0.3 is 0 Å². The number of ether oxygens (including phenoxy) is 1. The Balaban J connectivity index is 2.01. The van der Waals surface area contributed by atoms with Gasteiger partial charge in [-0.25, -0.2) is 4.68 Å². The van der Waals surface area contributed by atoms with Gasteiger partial charge in [-0.05, 0) is 25.5 Å². The highest BCUT2D eigenvalue weighted by Crippen LogP contribution is 2.18. The van der Waals surface area contributed by atoms with Gasteiger partial charge in [0.25, 0.3) is 0 Å². The van der Waals surface area contributed by atoms with Crippen LogP contribution in [0.15, 0.2) is 24.3 Å². The number of rotatable bonds is 6. The predicted octanol–water partition coefficient (Wildman–Crippen LogP) is 1.70. The van der Waals surface area contributed by atoms with Gasteiger partial charge in [-0.2, -0.15) is 0 Å². The van der Waals surface area contributed by atoms with Crippen LogP contribution in [0.1, 0.15) is 29.9 Å². The average Bonchev–Trinajstić information content (AvgIpc) is 2.79. The Morgan fingerprint density at radius 3 is 2.85 bits per heavy atom. The van der Waals surface area contributed by atoms with Crippen molar-refractivity contribution in [2.75, 3.05) is 12.3 Å². The van der Waals surface area contributed by atoms with Crippen LogP contribution in [0.2, 0.25) is 0 Å². The first-order valence-corrected chi connectivity index (χ1v) is 6.54. The van der Waals surface area contributed by atoms with Crippen LogP contribution >= 0.6 is 0 Å². The zero-order chi connectivity index (χ0) is 14.5. The smallest absolute Gasteiger partial charge is 0.169 e. The zero-order valence-corrected chi connectivity index (χ0v) is 11.7. The third-order valence-corrected chi connectivity index (χ3v) is 3.03. The molecule has 6 heteroatoms. The van der Waals surface area contributed by atoms with Crippen molar-refractivity contribution in [1.29, 1.82) is 0 Å². The summed E-state index contributed by atoms with van der Waals surface area (Å²) in [5.74, 6) is 1.03. The molecule has 2 N–H and O–H groups in total. The van der Waals surface area contributed by atoms with Gasteiger partial charge in [-0.3, -0.25) is 4.79 Å². The average molecular weight is 274 g/mol. The maximum absolute atomic E-state index is 11.5. The molecular formula is C14H18N4O2. The number of hydrogen-bond donors (Lipinski definition) is 1. The monoisotopic (exact) mass is 274 g/mol. The Hall–Kier alpha value is -2.37. The van der Waals surface area contributed by atoms with Crippen molar-refractivity contribution in [2.45, 2.75) is 26.8 Å². The molecular weight excluding hydrogens is 256 g/mol. The molecule has 0 bridgehead atoms. The normalized spacial score (nSPS) is 10.5. The Morgan fingerprint density at radius 2 is 2.15 bits per heavy atom. The number of nitrogens with zero attached hydrogens (tertiary/aromatic N) is 3. The number of anilines is 1. The summed E-state index contributed by atoms with van der Waals surface area (Å²) in [6.07, 6.45) is 0.767. The lowest BCUT2D eigenvalue weighted by atomic mass is 10.1. The number of hydrogen-bond acceptors (Lipinski definition) is 5. The molecule has 0 aliphatic heterocycles. The highest BCUT2D eigenvalue weighted by atomic mass is 16.5. The molecule has 6 nitrogen and oxygen atoms in total. The van der Waals surface area contributed by atoms with Crippen molar-refractivity contribution in [2.24, 2.45) is 0 Å². The Bertz CT molecular complexity index is 607. The van der Waals surface area contributed by atoms with Crippen molar-refractivity contribution in [1.82, 2.24) is 15.0 Å². The molecule has 106 valence electrons. The molecule has 0 aliphatic carbocycles. The Morgan fingerprint density at radius 1 is 1.40 bits per heavy atom. The van der Waals surface area contributed by atoms with Crippen LogP contribution in [0.25, 0.3) is 0 Å². The van der Waals surface area contributed by atoms with E-state index in [1.807, 2.05) is 19.1 Å². The molecule has 0 spiro atoms. The highest BCUT2D eigenvalue weighted by Gasteiger charge is 2.10. The van der Waals surface area contributed by atoms with Gasteiger partial charge in [0.1, 0.15) is 12.4 Å². The van der Waals surface area contributed by atoms with Gasteiger partial charge in [-0.1, -0.05) is 24.3 Å². The maximum Gasteiger partial charge on any atom is 0.169 e. The second kappa shape index (κ2) is 6.18. The Kier molecular flexibility index (Phi) is 4.34. The number of aromatic nitrogens is 3. The molecule has 1 aromatic carbocycles. The molecule has 20 heavy (non-hydrogen) atoms. The van der Waals surface area contributed by atoms with E-state index in [1.165, 1.54) is 6.92 Å². The SMILES string of the molecule is CCc1c(N)nnn1CCOc1ccccc1C(C)=O. The molecule has 2 rings (SSSR count). The second-order valence-corrected chi connectivity index (χ2v) is 4.40. The minimum atomic E-state index is -0.0140. The van der Waals surface area contributed by atoms with Crippen molar-refractivity contribution < 1.29 is 9.53 Å². The number of carbonyl (C=O) groups excluding carboxylic acids is 1. The van der Waals surface area contributed by atoms with E-state index >= 15 is 0 Å². The van der Waals surface area contributed by atoms with Crippen LogP contribution in [0.5, 0.6) is 5.75 Å². The van der Waals surface area contributed by atoms with Crippen LogP contribution in [0.3, 0.4) is 0 Å². The van der Waals surface area contributed by atoms with Crippen LogP contribution in [0.4, 0.5) is 5.82 Å². The molecule has 2 aromatic rings. The molecule has 0 radical (unpaired) electrons. The molecule has 0 saturated carbocycles. The Labute approximate surface area is 117 Å². The second-order valence-electron chi connectivity index (χ2n) is 4.40. The van der Waals surface area contributed by atoms with E-state index in [4.69, 9.17) is 10.5 Å². The third kappa shape index (κ3) is 2.96. The maximum atomic E-state index is 11.5. The van der Waals surface area contributed by atoms with Gasteiger partial charge in [-0.15, -0.1) is 5.10 Å². The molecule has 0 fully saturated rings. The van der Waals surface area contributed by atoms with Gasteiger partial charge < -0.3 is 10.5 Å². The van der Waals surface area contributed by atoms with Gasteiger partial charge in [0.15, 0.2) is 11.6 Å². The number of benzene rings is 1. The van der Waals surface area contributed by atoms with Crippen LogP contribution in [0, 0.1) is 0 Å². The number of nitrogens with two attached hydrogens (primary N) is 1. The number of carbonyl (C=O) groups is 1. The van der Waals surface area contributed by atoms with E-state index in [-0.39, 0.29) is 5.78 Å². The highest BCUT2D eigenvalue weighted by molar-refractivity contribution is 5.96. The molecule has 0 aliphatic rings. The largest absolute Gasteiger partial charge is 0.491 e. The third-order valence-electron chi connectivity index (χ3n) is 3.03. The minimum Gasteiger partial charge on any atom is -0.491 e. The van der Waals surface area contributed by atoms with Crippen molar-refractivity contribution >= 4 is 11.6 Å². The van der Waals surface area contributed by atoms with E-state index in [0.29, 0.717) is 30.3 Å². The zero-order valence-electron chi connectivity index (χ0n) is 11.7. The van der Waals surface area contributed by atoms with Crippen LogP contribution < -0.4 is 10.5 Å². The standard InChI is InChI=1S/C14H18N4O2/c1-3-12-14(15)16-17-18(12)8-9-20-13-7-5-4-6-11(13)10(2)19/h4-7H,3,8-9,15H2,1-2H3. The lowest BCUT2D eigenvalue weighted by molar-refractivity contribution is 0.101. The summed E-state index contributed by atoms with van der Waals surface area (Å²) in [5.41, 5.74) is 7.20. The molecule has 0 atom stereocenters. The van der Waals surface area contributed by atoms with Crippen LogP contribution in [-0.2, 0) is 13.0 Å². The molecule has 1 heterocycles. The fraction of sp³-hybridized carbons (Fsp3) is 0.357. The lowest BCUT2D eigenvalue weighted by Gasteiger charge is -2.10. The predicted molar refractivity (Wildman–Crippen MR) is 75.8 cm³/mol. The first kappa shape index (κ1) is 14.0. The summed E-state index contributed by atoms with van der Waals surface area (Å²) >= 11 is 0. The first-order chi connectivity index (χ1) is 9.63. The molecule has 1 aromatic heterocycles. The van der Waals surface area contributed by atoms with E-state index in [2.05, 4.69) is 10.3 Å². The van der Waals surface area contributed by atoms with Gasteiger partial charge in [0.05, 0.1) is 17.8 Å². The van der Waals surface area contributed by atoms with Gasteiger partial charge in [0.2, 0.25) is 0 Å². The van der Waals surface area contributed by atoms with E-state index in [9.17, 15) is 4.79 Å². The van der Waals surface area contributed by atoms with E-state index < -0.39 is 0 Å². The van der Waals surface area contributed by atoms with Gasteiger partial charge in [0, 0.05) is 0 Å². The number of ketones is 1. The van der Waals surface area contributed by atoms with E-state index in [0.717, 1.165) is 12.1 Å². The number of nitrogen functional groups attached to an aromatic ring is 1. The van der Waals surface area contributed by atoms with Crippen molar-refractivity contribution in [3.8, 4) is 5.75 Å². The van der Waals surface area contributed by atoms with E-state index in [1.54, 1.807) is 16.8 Å². The molecule has 0 unspecified atom stereocenters. The fourth-order valence-electron chi connectivity index (χ4n) is 2.01. The fourth-order valence-corrected chi connectivity index (χ4v) is 2.01. The van der Waals surface area contributed by atoms with Crippen molar-refractivity contribution in [3.05, 3.63) is 35.5 Å².